The SMILES string of the molecule is COc1cc(/C=N\NC(=O)Cc2ccc(Cl)cc2)ccc1O. The first-order chi connectivity index (χ1) is 10.6. The van der Waals surface area contributed by atoms with Crippen LogP contribution in [0.1, 0.15) is 11.1 Å². The summed E-state index contributed by atoms with van der Waals surface area (Å²) in [6.45, 7) is 0. The fraction of sp³-hybridized carbons (Fsp3) is 0.125. The second-order valence-electron chi connectivity index (χ2n) is 4.53. The number of hydrogen-bond donors (Lipinski definition) is 2. The van der Waals surface area contributed by atoms with E-state index in [1.54, 1.807) is 36.4 Å². The van der Waals surface area contributed by atoms with Gasteiger partial charge in [0, 0.05) is 5.02 Å². The number of carbonyl (C=O) groups excluding carboxylic acids is 1. The molecule has 0 aliphatic carbocycles. The van der Waals surface area contributed by atoms with Crippen LogP contribution in [-0.2, 0) is 11.2 Å². The maximum absolute atomic E-state index is 11.7. The second kappa shape index (κ2) is 7.47. The van der Waals surface area contributed by atoms with Gasteiger partial charge in [-0.1, -0.05) is 23.7 Å². The highest BCUT2D eigenvalue weighted by Gasteiger charge is 2.03. The molecule has 22 heavy (non-hydrogen) atoms. The Hall–Kier alpha value is -2.53. The predicted octanol–water partition coefficient (Wildman–Crippen LogP) is 2.75. The minimum absolute atomic E-state index is 0.0476. The van der Waals surface area contributed by atoms with E-state index >= 15 is 0 Å². The van der Waals surface area contributed by atoms with Crippen molar-refractivity contribution in [2.45, 2.75) is 6.42 Å². The van der Waals surface area contributed by atoms with Gasteiger partial charge in [0.2, 0.25) is 5.91 Å². The van der Waals surface area contributed by atoms with Crippen LogP contribution in [0.2, 0.25) is 5.02 Å². The van der Waals surface area contributed by atoms with Gasteiger partial charge in [-0.15, -0.1) is 0 Å². The molecule has 114 valence electrons. The highest BCUT2D eigenvalue weighted by molar-refractivity contribution is 6.30. The van der Waals surface area contributed by atoms with E-state index in [0.29, 0.717) is 16.3 Å². The molecule has 0 aromatic heterocycles. The van der Waals surface area contributed by atoms with Gasteiger partial charge < -0.3 is 9.84 Å². The Kier molecular flexibility index (Phi) is 5.38. The average Bonchev–Trinajstić information content (AvgIpc) is 2.51. The number of benzene rings is 2. The molecule has 6 heteroatoms. The summed E-state index contributed by atoms with van der Waals surface area (Å²) in [5.41, 5.74) is 3.99. The third-order valence-electron chi connectivity index (χ3n) is 2.88. The average molecular weight is 319 g/mol. The standard InChI is InChI=1S/C16H15ClN2O3/c1-22-15-8-12(4-7-14(15)20)10-18-19-16(21)9-11-2-5-13(17)6-3-11/h2-8,10,20H,9H2,1H3,(H,19,21)/b18-10-. The highest BCUT2D eigenvalue weighted by atomic mass is 35.5. The van der Waals surface area contributed by atoms with Crippen molar-refractivity contribution in [2.24, 2.45) is 5.10 Å². The molecule has 0 radical (unpaired) electrons. The Morgan fingerprint density at radius 3 is 2.73 bits per heavy atom. The van der Waals surface area contributed by atoms with E-state index in [9.17, 15) is 9.90 Å². The molecule has 0 bridgehead atoms. The van der Waals surface area contributed by atoms with Crippen LogP contribution in [0.15, 0.2) is 47.6 Å². The van der Waals surface area contributed by atoms with Gasteiger partial charge >= 0.3 is 0 Å². The van der Waals surface area contributed by atoms with Crippen LogP contribution in [0.3, 0.4) is 0 Å². The van der Waals surface area contributed by atoms with Crippen molar-refractivity contribution in [3.63, 3.8) is 0 Å². The van der Waals surface area contributed by atoms with Crippen molar-refractivity contribution in [1.82, 2.24) is 5.43 Å². The number of methoxy groups -OCH3 is 1. The fourth-order valence-corrected chi connectivity index (χ4v) is 1.91. The number of amides is 1. The van der Waals surface area contributed by atoms with E-state index in [1.165, 1.54) is 19.4 Å². The number of aromatic hydroxyl groups is 1. The van der Waals surface area contributed by atoms with Gasteiger partial charge in [0.15, 0.2) is 11.5 Å². The molecule has 0 fully saturated rings. The number of phenolic OH excluding ortho intramolecular Hbond substituents is 1. The molecule has 5 nitrogen and oxygen atoms in total. The first-order valence-electron chi connectivity index (χ1n) is 6.52. The number of hydrazone groups is 1. The summed E-state index contributed by atoms with van der Waals surface area (Å²) in [6, 6.07) is 11.8. The van der Waals surface area contributed by atoms with Crippen LogP contribution in [0.5, 0.6) is 11.5 Å². The minimum Gasteiger partial charge on any atom is -0.504 e. The zero-order valence-electron chi connectivity index (χ0n) is 11.9. The molecule has 0 unspecified atom stereocenters. The molecule has 0 saturated carbocycles. The lowest BCUT2D eigenvalue weighted by Crippen LogP contribution is -2.19. The summed E-state index contributed by atoms with van der Waals surface area (Å²) in [5, 5.41) is 14.0. The van der Waals surface area contributed by atoms with Gasteiger partial charge in [0.1, 0.15) is 0 Å². The largest absolute Gasteiger partial charge is 0.504 e. The van der Waals surface area contributed by atoms with Crippen LogP contribution >= 0.6 is 11.6 Å². The Labute approximate surface area is 133 Å². The molecule has 0 heterocycles. The smallest absolute Gasteiger partial charge is 0.244 e. The predicted molar refractivity (Wildman–Crippen MR) is 85.6 cm³/mol. The van der Waals surface area contributed by atoms with E-state index in [1.807, 2.05) is 0 Å². The highest BCUT2D eigenvalue weighted by Crippen LogP contribution is 2.25. The molecule has 0 saturated heterocycles. The Morgan fingerprint density at radius 2 is 2.05 bits per heavy atom. The number of nitrogens with zero attached hydrogens (tertiary/aromatic N) is 1. The third-order valence-corrected chi connectivity index (χ3v) is 3.14. The molecule has 1 amide bonds. The first-order valence-corrected chi connectivity index (χ1v) is 6.89. The van der Waals surface area contributed by atoms with E-state index in [4.69, 9.17) is 16.3 Å². The van der Waals surface area contributed by atoms with E-state index in [2.05, 4.69) is 10.5 Å². The van der Waals surface area contributed by atoms with Gasteiger partial charge in [0.25, 0.3) is 0 Å². The Bertz CT molecular complexity index is 684. The van der Waals surface area contributed by atoms with E-state index < -0.39 is 0 Å². The molecule has 2 aromatic rings. The zero-order valence-corrected chi connectivity index (χ0v) is 12.7. The molecule has 0 spiro atoms. The summed E-state index contributed by atoms with van der Waals surface area (Å²) < 4.78 is 4.99. The molecule has 2 aromatic carbocycles. The van der Waals surface area contributed by atoms with Gasteiger partial charge in [0.05, 0.1) is 19.7 Å². The maximum Gasteiger partial charge on any atom is 0.244 e. The number of ether oxygens (including phenoxy) is 1. The van der Waals surface area contributed by atoms with Gasteiger partial charge in [-0.3, -0.25) is 4.79 Å². The van der Waals surface area contributed by atoms with Crippen LogP contribution < -0.4 is 10.2 Å². The number of rotatable bonds is 5. The quantitative estimate of drug-likeness (QED) is 0.658. The minimum atomic E-state index is -0.232. The lowest BCUT2D eigenvalue weighted by atomic mass is 10.1. The van der Waals surface area contributed by atoms with Crippen molar-refractivity contribution in [2.75, 3.05) is 7.11 Å². The van der Waals surface area contributed by atoms with Crippen molar-refractivity contribution >= 4 is 23.7 Å². The van der Waals surface area contributed by atoms with Crippen molar-refractivity contribution in [3.8, 4) is 11.5 Å². The maximum atomic E-state index is 11.7. The van der Waals surface area contributed by atoms with Crippen LogP contribution in [0.4, 0.5) is 0 Å². The van der Waals surface area contributed by atoms with Crippen molar-refractivity contribution in [1.29, 1.82) is 0 Å². The van der Waals surface area contributed by atoms with E-state index in [0.717, 1.165) is 5.56 Å². The van der Waals surface area contributed by atoms with Crippen LogP contribution in [0.25, 0.3) is 0 Å². The van der Waals surface area contributed by atoms with Crippen LogP contribution in [-0.4, -0.2) is 24.3 Å². The van der Waals surface area contributed by atoms with Crippen molar-refractivity contribution < 1.29 is 14.6 Å². The molecule has 0 aliphatic heterocycles. The van der Waals surface area contributed by atoms with E-state index in [-0.39, 0.29) is 18.1 Å². The number of halogens is 1. The number of hydrogen-bond acceptors (Lipinski definition) is 4. The Morgan fingerprint density at radius 1 is 1.32 bits per heavy atom. The number of carbonyl (C=O) groups is 1. The molecule has 0 aliphatic rings. The summed E-state index contributed by atoms with van der Waals surface area (Å²) in [6.07, 6.45) is 1.69. The van der Waals surface area contributed by atoms with Gasteiger partial charge in [-0.25, -0.2) is 5.43 Å². The normalized spacial score (nSPS) is 10.6. The molecule has 2 N–H and O–H groups in total. The summed E-state index contributed by atoms with van der Waals surface area (Å²) in [5.74, 6) is 0.159. The molecule has 0 atom stereocenters. The Balaban J connectivity index is 1.91. The summed E-state index contributed by atoms with van der Waals surface area (Å²) >= 11 is 5.78. The summed E-state index contributed by atoms with van der Waals surface area (Å²) in [4.78, 5) is 11.7. The summed E-state index contributed by atoms with van der Waals surface area (Å²) in [7, 11) is 1.46. The van der Waals surface area contributed by atoms with Gasteiger partial charge in [-0.2, -0.15) is 5.10 Å². The van der Waals surface area contributed by atoms with Gasteiger partial charge in [-0.05, 0) is 41.5 Å². The van der Waals surface area contributed by atoms with Crippen molar-refractivity contribution in [3.05, 3.63) is 58.6 Å². The second-order valence-corrected chi connectivity index (χ2v) is 4.96. The molecule has 2 rings (SSSR count). The lowest BCUT2D eigenvalue weighted by Gasteiger charge is -2.03. The number of nitrogens with one attached hydrogen (secondary N) is 1. The lowest BCUT2D eigenvalue weighted by molar-refractivity contribution is -0.120. The van der Waals surface area contributed by atoms with Crippen LogP contribution in [0, 0.1) is 0 Å². The monoisotopic (exact) mass is 318 g/mol. The fourth-order valence-electron chi connectivity index (χ4n) is 1.78. The topological polar surface area (TPSA) is 70.9 Å². The number of phenols is 1. The molecular weight excluding hydrogens is 304 g/mol. The first kappa shape index (κ1) is 15.9. The molecular formula is C16H15ClN2O3. The third kappa shape index (κ3) is 4.49. The zero-order chi connectivity index (χ0) is 15.9.